The van der Waals surface area contributed by atoms with E-state index in [0.29, 0.717) is 17.8 Å². The molecule has 0 bridgehead atoms. The molecule has 0 saturated heterocycles. The van der Waals surface area contributed by atoms with E-state index in [2.05, 4.69) is 100 Å². The lowest BCUT2D eigenvalue weighted by Gasteiger charge is -2.23. The molecule has 0 radical (unpaired) electrons. The normalized spacial score (nSPS) is 11.1. The van der Waals surface area contributed by atoms with Crippen molar-refractivity contribution in [1.82, 2.24) is 0 Å². The molecular formula is C27H43P. The van der Waals surface area contributed by atoms with Crippen LogP contribution in [0.5, 0.6) is 0 Å². The Balaban J connectivity index is 0.000000480. The molecular weight excluding hydrogens is 355 g/mol. The largest absolute Gasteiger partial charge is 0.138 e. The van der Waals surface area contributed by atoms with E-state index in [1.54, 1.807) is 0 Å². The van der Waals surface area contributed by atoms with Crippen LogP contribution in [0.2, 0.25) is 0 Å². The average Bonchev–Trinajstić information content (AvgIpc) is 2.68. The van der Waals surface area contributed by atoms with Gasteiger partial charge in [-0.3, -0.25) is 0 Å². The number of rotatable bonds is 8. The van der Waals surface area contributed by atoms with Gasteiger partial charge in [0.1, 0.15) is 0 Å². The molecule has 2 rings (SSSR count). The Morgan fingerprint density at radius 3 is 1.64 bits per heavy atom. The van der Waals surface area contributed by atoms with E-state index in [9.17, 15) is 0 Å². The molecule has 0 nitrogen and oxygen atoms in total. The van der Waals surface area contributed by atoms with Gasteiger partial charge < -0.3 is 0 Å². The molecule has 1 unspecified atom stereocenters. The van der Waals surface area contributed by atoms with Crippen molar-refractivity contribution in [2.45, 2.75) is 91.9 Å². The third-order valence-corrected chi connectivity index (χ3v) is 5.66. The van der Waals surface area contributed by atoms with Crippen molar-refractivity contribution in [3.8, 4) is 11.1 Å². The molecule has 0 heterocycles. The summed E-state index contributed by atoms with van der Waals surface area (Å²) < 4.78 is 0. The average molecular weight is 399 g/mol. The van der Waals surface area contributed by atoms with Gasteiger partial charge in [0.15, 0.2) is 0 Å². The molecule has 2 aromatic carbocycles. The third kappa shape index (κ3) is 7.71. The topological polar surface area (TPSA) is 0 Å². The molecule has 0 fully saturated rings. The minimum absolute atomic E-state index is 0.538. The molecule has 156 valence electrons. The first-order valence-electron chi connectivity index (χ1n) is 11.3. The van der Waals surface area contributed by atoms with Crippen molar-refractivity contribution in [2.24, 2.45) is 0 Å². The van der Waals surface area contributed by atoms with Crippen molar-refractivity contribution in [3.05, 3.63) is 59.2 Å². The van der Waals surface area contributed by atoms with Crippen LogP contribution in [-0.4, -0.2) is 6.16 Å². The summed E-state index contributed by atoms with van der Waals surface area (Å²) in [4.78, 5) is 0. The molecule has 0 aromatic heterocycles. The van der Waals surface area contributed by atoms with Gasteiger partial charge in [0.05, 0.1) is 0 Å². The second-order valence-electron chi connectivity index (χ2n) is 8.75. The summed E-state index contributed by atoms with van der Waals surface area (Å²) in [5.74, 6) is 1.65. The van der Waals surface area contributed by atoms with E-state index >= 15 is 0 Å². The van der Waals surface area contributed by atoms with Crippen molar-refractivity contribution in [3.63, 3.8) is 0 Å². The first kappa shape index (κ1) is 24.9. The van der Waals surface area contributed by atoms with E-state index in [1.807, 2.05) is 0 Å². The van der Waals surface area contributed by atoms with Crippen molar-refractivity contribution in [2.75, 3.05) is 6.16 Å². The monoisotopic (exact) mass is 398 g/mol. The van der Waals surface area contributed by atoms with Gasteiger partial charge in [-0.1, -0.05) is 110 Å². The summed E-state index contributed by atoms with van der Waals surface area (Å²) in [6.45, 7) is 16.0. The van der Waals surface area contributed by atoms with E-state index in [1.165, 1.54) is 59.7 Å². The molecule has 0 N–H and O–H groups in total. The van der Waals surface area contributed by atoms with Gasteiger partial charge in [0.25, 0.3) is 0 Å². The van der Waals surface area contributed by atoms with Crippen LogP contribution in [0, 0.1) is 0 Å². The molecule has 2 aromatic rings. The van der Waals surface area contributed by atoms with Gasteiger partial charge >= 0.3 is 0 Å². The zero-order chi connectivity index (χ0) is 21.1. The van der Waals surface area contributed by atoms with Crippen molar-refractivity contribution >= 4 is 9.24 Å². The molecule has 0 amide bonds. The van der Waals surface area contributed by atoms with Crippen LogP contribution in [0.4, 0.5) is 0 Å². The SMILES string of the molecule is CC(C)c1cc(C(C)C)c(-c2ccccc2)c(C(C)C)c1.CCCCCCP. The zero-order valence-corrected chi connectivity index (χ0v) is 20.5. The molecule has 0 spiro atoms. The van der Waals surface area contributed by atoms with Crippen LogP contribution in [0.15, 0.2) is 42.5 Å². The lowest BCUT2D eigenvalue weighted by molar-refractivity contribution is 0.706. The standard InChI is InChI=1S/C21H28.C6H15P/c1-14(2)18-12-19(15(3)4)21(20(13-18)16(5)6)17-10-8-7-9-11-17;1-2-3-4-5-6-7/h7-16H,1-6H3;2-7H2,1H3. The Hall–Kier alpha value is -1.13. The maximum absolute atomic E-state index is 2.75. The first-order valence-corrected chi connectivity index (χ1v) is 12.1. The predicted molar refractivity (Wildman–Crippen MR) is 133 cm³/mol. The molecule has 1 atom stereocenters. The molecule has 0 aliphatic carbocycles. The Labute approximate surface area is 177 Å². The second kappa shape index (κ2) is 13.2. The van der Waals surface area contributed by atoms with Gasteiger partial charge in [-0.2, -0.15) is 0 Å². The molecule has 0 saturated carbocycles. The quantitative estimate of drug-likeness (QED) is 0.307. The van der Waals surface area contributed by atoms with Gasteiger partial charge in [-0.15, -0.1) is 9.24 Å². The lowest BCUT2D eigenvalue weighted by Crippen LogP contribution is -2.03. The predicted octanol–water partition coefficient (Wildman–Crippen LogP) is 9.17. The Kier molecular flexibility index (Phi) is 11.7. The third-order valence-electron chi connectivity index (χ3n) is 5.25. The summed E-state index contributed by atoms with van der Waals surface area (Å²) in [6.07, 6.45) is 6.84. The van der Waals surface area contributed by atoms with Crippen LogP contribution >= 0.6 is 9.24 Å². The molecule has 0 aliphatic heterocycles. The number of hydrogen-bond donors (Lipinski definition) is 0. The fourth-order valence-electron chi connectivity index (χ4n) is 3.47. The van der Waals surface area contributed by atoms with E-state index < -0.39 is 0 Å². The second-order valence-corrected chi connectivity index (χ2v) is 9.33. The van der Waals surface area contributed by atoms with E-state index in [0.717, 1.165) is 0 Å². The molecule has 0 aliphatic rings. The Morgan fingerprint density at radius 1 is 0.714 bits per heavy atom. The van der Waals surface area contributed by atoms with Gasteiger partial charge in [0.2, 0.25) is 0 Å². The maximum atomic E-state index is 2.75. The number of benzene rings is 2. The van der Waals surface area contributed by atoms with Crippen LogP contribution in [0.25, 0.3) is 11.1 Å². The van der Waals surface area contributed by atoms with Gasteiger partial charge in [-0.25, -0.2) is 0 Å². The minimum atomic E-state index is 0.538. The highest BCUT2D eigenvalue weighted by molar-refractivity contribution is 7.16. The molecule has 28 heavy (non-hydrogen) atoms. The Bertz CT molecular complexity index is 635. The van der Waals surface area contributed by atoms with Crippen LogP contribution in [0.1, 0.15) is 109 Å². The van der Waals surface area contributed by atoms with E-state index in [4.69, 9.17) is 0 Å². The van der Waals surface area contributed by atoms with Crippen LogP contribution in [-0.2, 0) is 0 Å². The van der Waals surface area contributed by atoms with Crippen molar-refractivity contribution in [1.29, 1.82) is 0 Å². The summed E-state index contributed by atoms with van der Waals surface area (Å²) in [5.41, 5.74) is 7.22. The molecule has 1 heteroatoms. The summed E-state index contributed by atoms with van der Waals surface area (Å²) in [6, 6.07) is 15.7. The fourth-order valence-corrected chi connectivity index (χ4v) is 3.75. The maximum Gasteiger partial charge on any atom is -0.0114 e. The number of unbranched alkanes of at least 4 members (excludes halogenated alkanes) is 3. The minimum Gasteiger partial charge on any atom is -0.138 e. The number of hydrogen-bond acceptors (Lipinski definition) is 0. The van der Waals surface area contributed by atoms with Gasteiger partial charge in [0, 0.05) is 0 Å². The summed E-state index contributed by atoms with van der Waals surface area (Å²) >= 11 is 0. The summed E-state index contributed by atoms with van der Waals surface area (Å²) in [7, 11) is 2.75. The smallest absolute Gasteiger partial charge is 0.0114 e. The highest BCUT2D eigenvalue weighted by Gasteiger charge is 2.18. The highest BCUT2D eigenvalue weighted by atomic mass is 31.0. The summed E-state index contributed by atoms with van der Waals surface area (Å²) in [5, 5.41) is 0. The van der Waals surface area contributed by atoms with Crippen LogP contribution < -0.4 is 0 Å². The highest BCUT2D eigenvalue weighted by Crippen LogP contribution is 2.38. The van der Waals surface area contributed by atoms with Crippen molar-refractivity contribution < 1.29 is 0 Å². The fraction of sp³-hybridized carbons (Fsp3) is 0.556. The lowest BCUT2D eigenvalue weighted by atomic mass is 9.82. The van der Waals surface area contributed by atoms with Crippen LogP contribution in [0.3, 0.4) is 0 Å². The Morgan fingerprint density at radius 2 is 1.25 bits per heavy atom. The van der Waals surface area contributed by atoms with E-state index in [-0.39, 0.29) is 0 Å². The first-order chi connectivity index (χ1) is 13.3. The van der Waals surface area contributed by atoms with Gasteiger partial charge in [-0.05, 0) is 58.2 Å². The zero-order valence-electron chi connectivity index (χ0n) is 19.4.